The highest BCUT2D eigenvalue weighted by molar-refractivity contribution is 6.06. The number of ether oxygens (including phenoxy) is 2. The van der Waals surface area contributed by atoms with Crippen LogP contribution in [-0.2, 0) is 14.4 Å². The van der Waals surface area contributed by atoms with E-state index in [-0.39, 0.29) is 18.2 Å². The van der Waals surface area contributed by atoms with Gasteiger partial charge in [-0.1, -0.05) is 6.07 Å². The molecule has 1 heterocycles. The van der Waals surface area contributed by atoms with Crippen LogP contribution in [0.4, 0.5) is 0 Å². The summed E-state index contributed by atoms with van der Waals surface area (Å²) in [6.07, 6.45) is 4.23. The molecule has 1 aliphatic heterocycles. The fourth-order valence-corrected chi connectivity index (χ4v) is 4.45. The lowest BCUT2D eigenvalue weighted by Gasteiger charge is -2.37. The Morgan fingerprint density at radius 2 is 1.66 bits per heavy atom. The summed E-state index contributed by atoms with van der Waals surface area (Å²) >= 11 is 0. The number of Topliss-reactive ketones (excluding diaryl/α,β-unsaturated/α-hetero) is 2. The number of allylic oxidation sites excluding steroid dienone is 4. The molecule has 3 aliphatic rings. The molecular weight excluding hydrogens is 372 g/mol. The van der Waals surface area contributed by atoms with Crippen molar-refractivity contribution in [2.75, 3.05) is 13.7 Å². The largest absolute Gasteiger partial charge is 0.493 e. The molecule has 152 valence electrons. The van der Waals surface area contributed by atoms with E-state index in [0.717, 1.165) is 42.6 Å². The summed E-state index contributed by atoms with van der Waals surface area (Å²) < 4.78 is 10.9. The Kier molecular flexibility index (Phi) is 5.13. The van der Waals surface area contributed by atoms with Gasteiger partial charge >= 0.3 is 0 Å². The van der Waals surface area contributed by atoms with Crippen molar-refractivity contribution in [2.24, 2.45) is 5.73 Å². The van der Waals surface area contributed by atoms with Crippen LogP contribution in [0.3, 0.4) is 0 Å². The van der Waals surface area contributed by atoms with Crippen molar-refractivity contribution >= 4 is 17.5 Å². The third-order valence-corrected chi connectivity index (χ3v) is 5.68. The van der Waals surface area contributed by atoms with Gasteiger partial charge in [-0.05, 0) is 43.4 Å². The number of amides is 1. The van der Waals surface area contributed by atoms with E-state index >= 15 is 0 Å². The molecule has 3 N–H and O–H groups in total. The average molecular weight is 396 g/mol. The van der Waals surface area contributed by atoms with Gasteiger partial charge in [-0.3, -0.25) is 14.4 Å². The number of benzene rings is 1. The van der Waals surface area contributed by atoms with Crippen molar-refractivity contribution < 1.29 is 23.9 Å². The molecule has 0 atom stereocenters. The second-order valence-corrected chi connectivity index (χ2v) is 7.56. The molecule has 1 aromatic rings. The number of nitrogens with two attached hydrogens (primary N) is 1. The number of dihydropyridines is 1. The lowest BCUT2D eigenvalue weighted by molar-refractivity contribution is -0.120. The SMILES string of the molecule is COc1cc(C2C3=C(CCCC3=O)NC3=C2C(=O)CCC3)ccc1OCC(N)=O. The molecule has 1 amide bonds. The molecule has 2 aliphatic carbocycles. The summed E-state index contributed by atoms with van der Waals surface area (Å²) in [5.74, 6) is -0.000513. The summed E-state index contributed by atoms with van der Waals surface area (Å²) in [6.45, 7) is -0.259. The van der Waals surface area contributed by atoms with Crippen molar-refractivity contribution in [1.82, 2.24) is 5.32 Å². The molecule has 29 heavy (non-hydrogen) atoms. The molecule has 0 fully saturated rings. The summed E-state index contributed by atoms with van der Waals surface area (Å²) in [4.78, 5) is 36.7. The van der Waals surface area contributed by atoms with Gasteiger partial charge in [-0.15, -0.1) is 0 Å². The van der Waals surface area contributed by atoms with E-state index in [1.165, 1.54) is 7.11 Å². The molecule has 0 radical (unpaired) electrons. The number of nitrogens with one attached hydrogen (secondary N) is 1. The zero-order chi connectivity index (χ0) is 20.5. The highest BCUT2D eigenvalue weighted by Crippen LogP contribution is 2.46. The molecule has 0 unspecified atom stereocenters. The van der Waals surface area contributed by atoms with E-state index < -0.39 is 11.8 Å². The minimum Gasteiger partial charge on any atom is -0.493 e. The number of carbonyl (C=O) groups excluding carboxylic acids is 3. The Bertz CT molecular complexity index is 918. The monoisotopic (exact) mass is 396 g/mol. The minimum absolute atomic E-state index is 0.0849. The topological polar surface area (TPSA) is 108 Å². The van der Waals surface area contributed by atoms with E-state index in [9.17, 15) is 14.4 Å². The average Bonchev–Trinajstić information content (AvgIpc) is 2.71. The van der Waals surface area contributed by atoms with Gasteiger partial charge in [0.25, 0.3) is 5.91 Å². The van der Waals surface area contributed by atoms with Gasteiger partial charge in [-0.25, -0.2) is 0 Å². The van der Waals surface area contributed by atoms with Gasteiger partial charge in [0.15, 0.2) is 29.7 Å². The van der Waals surface area contributed by atoms with Crippen molar-refractivity contribution in [1.29, 1.82) is 0 Å². The van der Waals surface area contributed by atoms with Crippen molar-refractivity contribution in [3.8, 4) is 11.5 Å². The van der Waals surface area contributed by atoms with E-state index in [1.807, 2.05) is 6.07 Å². The third-order valence-electron chi connectivity index (χ3n) is 5.68. The van der Waals surface area contributed by atoms with Gasteiger partial charge in [0.05, 0.1) is 7.11 Å². The Morgan fingerprint density at radius 3 is 2.21 bits per heavy atom. The zero-order valence-corrected chi connectivity index (χ0v) is 16.4. The number of primary amides is 1. The molecule has 0 saturated carbocycles. The Morgan fingerprint density at radius 1 is 1.03 bits per heavy atom. The second-order valence-electron chi connectivity index (χ2n) is 7.56. The van der Waals surface area contributed by atoms with E-state index in [2.05, 4.69) is 5.32 Å². The Balaban J connectivity index is 1.81. The standard InChI is InChI=1S/C22H24N2O5/c1-28-18-10-12(8-9-17(18)29-11-19(23)27)20-21-13(4-2-6-15(21)25)24-14-5-3-7-16(26)22(14)20/h8-10,20,24H,2-7,11H2,1H3,(H2,23,27). The number of rotatable bonds is 5. The smallest absolute Gasteiger partial charge is 0.255 e. The zero-order valence-electron chi connectivity index (χ0n) is 16.4. The van der Waals surface area contributed by atoms with Gasteiger partial charge in [-0.2, -0.15) is 0 Å². The van der Waals surface area contributed by atoms with Crippen LogP contribution in [0, 0.1) is 0 Å². The summed E-state index contributed by atoms with van der Waals surface area (Å²) in [5.41, 5.74) is 9.22. The maximum atomic E-state index is 12.9. The molecule has 0 spiro atoms. The molecule has 0 saturated heterocycles. The highest BCUT2D eigenvalue weighted by atomic mass is 16.5. The van der Waals surface area contributed by atoms with Crippen LogP contribution < -0.4 is 20.5 Å². The lowest BCUT2D eigenvalue weighted by atomic mass is 9.71. The normalized spacial score (nSPS) is 19.5. The Hall–Kier alpha value is -3.09. The maximum absolute atomic E-state index is 12.9. The molecule has 0 bridgehead atoms. The van der Waals surface area contributed by atoms with Gasteiger partial charge < -0.3 is 20.5 Å². The summed E-state index contributed by atoms with van der Waals surface area (Å²) in [5, 5.41) is 3.40. The van der Waals surface area contributed by atoms with Crippen LogP contribution in [0.15, 0.2) is 40.7 Å². The van der Waals surface area contributed by atoms with Crippen LogP contribution >= 0.6 is 0 Å². The maximum Gasteiger partial charge on any atom is 0.255 e. The van der Waals surface area contributed by atoms with Crippen molar-refractivity contribution in [3.63, 3.8) is 0 Å². The van der Waals surface area contributed by atoms with Crippen LogP contribution in [0.1, 0.15) is 50.0 Å². The first-order chi connectivity index (χ1) is 14.0. The predicted octanol–water partition coefficient (Wildman–Crippen LogP) is 2.26. The lowest BCUT2D eigenvalue weighted by Crippen LogP contribution is -2.36. The number of methoxy groups -OCH3 is 1. The fraction of sp³-hybridized carbons (Fsp3) is 0.409. The van der Waals surface area contributed by atoms with Crippen LogP contribution in [0.5, 0.6) is 11.5 Å². The van der Waals surface area contributed by atoms with E-state index in [4.69, 9.17) is 15.2 Å². The number of hydrogen-bond acceptors (Lipinski definition) is 6. The molecule has 7 heteroatoms. The van der Waals surface area contributed by atoms with E-state index in [0.29, 0.717) is 35.5 Å². The first kappa shape index (κ1) is 19.2. The minimum atomic E-state index is -0.584. The van der Waals surface area contributed by atoms with Gasteiger partial charge in [0.1, 0.15) is 0 Å². The second kappa shape index (κ2) is 7.73. The highest BCUT2D eigenvalue weighted by Gasteiger charge is 2.40. The third kappa shape index (κ3) is 3.52. The Labute approximate surface area is 168 Å². The van der Waals surface area contributed by atoms with Crippen LogP contribution in [0.2, 0.25) is 0 Å². The first-order valence-electron chi connectivity index (χ1n) is 9.88. The van der Waals surface area contributed by atoms with E-state index in [1.54, 1.807) is 12.1 Å². The molecule has 7 nitrogen and oxygen atoms in total. The quantitative estimate of drug-likeness (QED) is 0.790. The number of hydrogen-bond donors (Lipinski definition) is 2. The molecule has 4 rings (SSSR count). The molecule has 0 aromatic heterocycles. The van der Waals surface area contributed by atoms with Crippen molar-refractivity contribution in [2.45, 2.75) is 44.4 Å². The molecular formula is C22H24N2O5. The predicted molar refractivity (Wildman–Crippen MR) is 105 cm³/mol. The van der Waals surface area contributed by atoms with Crippen LogP contribution in [0.25, 0.3) is 0 Å². The fourth-order valence-electron chi connectivity index (χ4n) is 4.45. The van der Waals surface area contributed by atoms with Gasteiger partial charge in [0, 0.05) is 41.3 Å². The summed E-state index contributed by atoms with van der Waals surface area (Å²) in [7, 11) is 1.51. The summed E-state index contributed by atoms with van der Waals surface area (Å²) in [6, 6.07) is 5.30. The number of carbonyl (C=O) groups is 3. The van der Waals surface area contributed by atoms with Gasteiger partial charge in [0.2, 0.25) is 0 Å². The number of ketones is 2. The molecule has 1 aromatic carbocycles. The van der Waals surface area contributed by atoms with Crippen molar-refractivity contribution in [3.05, 3.63) is 46.3 Å². The first-order valence-corrected chi connectivity index (χ1v) is 9.88. The van der Waals surface area contributed by atoms with Crippen LogP contribution in [-0.4, -0.2) is 31.2 Å².